The van der Waals surface area contributed by atoms with Gasteiger partial charge in [-0.05, 0) is 0 Å². The second-order valence-electron chi connectivity index (χ2n) is 1.24. The summed E-state index contributed by atoms with van der Waals surface area (Å²) >= 11 is 0. The Hall–Kier alpha value is -0.531. The van der Waals surface area contributed by atoms with Crippen LogP contribution in [-0.2, 0) is 17.1 Å². The monoisotopic (exact) mass is 158 g/mol. The summed E-state index contributed by atoms with van der Waals surface area (Å²) in [6.07, 6.45) is 2.89. The van der Waals surface area contributed by atoms with Gasteiger partial charge in [0.05, 0.1) is 0 Å². The Morgan fingerprint density at radius 3 is 1.75 bits per heavy atom. The minimum atomic E-state index is 0. The molecule has 0 fully saturated rings. The second-order valence-corrected chi connectivity index (χ2v) is 1.24. The van der Waals surface area contributed by atoms with Gasteiger partial charge in [-0.3, -0.25) is 0 Å². The SMILES string of the molecule is [Cu].[O-][n+]1ccccc1. The third kappa shape index (κ3) is 1.96. The Morgan fingerprint density at radius 1 is 1.00 bits per heavy atom. The van der Waals surface area contributed by atoms with E-state index in [1.807, 2.05) is 0 Å². The maximum Gasteiger partial charge on any atom is 0.180 e. The van der Waals surface area contributed by atoms with Crippen LogP contribution >= 0.6 is 0 Å². The number of hydrogen-bond donors (Lipinski definition) is 0. The van der Waals surface area contributed by atoms with E-state index >= 15 is 0 Å². The minimum Gasteiger partial charge on any atom is -0.619 e. The van der Waals surface area contributed by atoms with Crippen LogP contribution in [0.4, 0.5) is 0 Å². The van der Waals surface area contributed by atoms with Gasteiger partial charge >= 0.3 is 0 Å². The molecule has 3 heteroatoms. The molecule has 1 radical (unpaired) electrons. The van der Waals surface area contributed by atoms with Gasteiger partial charge in [0, 0.05) is 29.2 Å². The first-order valence-electron chi connectivity index (χ1n) is 2.03. The molecule has 0 amide bonds. The summed E-state index contributed by atoms with van der Waals surface area (Å²) in [5.74, 6) is 0. The van der Waals surface area contributed by atoms with Gasteiger partial charge in [-0.1, -0.05) is 6.07 Å². The Morgan fingerprint density at radius 2 is 1.50 bits per heavy atom. The van der Waals surface area contributed by atoms with Gasteiger partial charge in [-0.2, -0.15) is 4.73 Å². The van der Waals surface area contributed by atoms with Crippen molar-refractivity contribution in [1.29, 1.82) is 0 Å². The van der Waals surface area contributed by atoms with Crippen molar-refractivity contribution in [3.8, 4) is 0 Å². The van der Waals surface area contributed by atoms with Crippen LogP contribution in [0.5, 0.6) is 0 Å². The zero-order valence-electron chi connectivity index (χ0n) is 4.04. The number of nitrogens with zero attached hydrogens (tertiary/aromatic N) is 1. The molecule has 0 saturated heterocycles. The summed E-state index contributed by atoms with van der Waals surface area (Å²) in [5.41, 5.74) is 0. The summed E-state index contributed by atoms with van der Waals surface area (Å²) in [6, 6.07) is 5.18. The molecule has 0 unspecified atom stereocenters. The first-order chi connectivity index (χ1) is 3.39. The standard InChI is InChI=1S/C5H5NO.Cu/c7-6-4-2-1-3-5-6;/h1-5H;. The molecule has 0 aliphatic carbocycles. The van der Waals surface area contributed by atoms with Crippen LogP contribution in [0.15, 0.2) is 30.6 Å². The number of aromatic nitrogens is 1. The first-order valence-corrected chi connectivity index (χ1v) is 2.03. The molecule has 0 atom stereocenters. The predicted octanol–water partition coefficient (Wildman–Crippen LogP) is 0.318. The molecule has 0 aliphatic rings. The summed E-state index contributed by atoms with van der Waals surface area (Å²) in [5, 5.41) is 10.2. The van der Waals surface area contributed by atoms with Gasteiger partial charge in [0.15, 0.2) is 12.4 Å². The van der Waals surface area contributed by atoms with Crippen molar-refractivity contribution in [3.05, 3.63) is 35.8 Å². The molecular formula is C5H5CuNO. The Kier molecular flexibility index (Phi) is 3.24. The Balaban J connectivity index is 0.000000490. The van der Waals surface area contributed by atoms with Crippen LogP contribution in [0.3, 0.4) is 0 Å². The van der Waals surface area contributed by atoms with Gasteiger partial charge in [-0.25, -0.2) is 0 Å². The van der Waals surface area contributed by atoms with E-state index in [1.54, 1.807) is 18.2 Å². The number of rotatable bonds is 0. The van der Waals surface area contributed by atoms with Crippen molar-refractivity contribution in [2.24, 2.45) is 0 Å². The molecule has 0 N–H and O–H groups in total. The van der Waals surface area contributed by atoms with Crippen molar-refractivity contribution in [2.45, 2.75) is 0 Å². The predicted molar refractivity (Wildman–Crippen MR) is 25.4 cm³/mol. The molecule has 8 heavy (non-hydrogen) atoms. The number of hydrogen-bond acceptors (Lipinski definition) is 1. The van der Waals surface area contributed by atoms with E-state index in [0.29, 0.717) is 0 Å². The molecule has 0 bridgehead atoms. The van der Waals surface area contributed by atoms with Crippen molar-refractivity contribution >= 4 is 0 Å². The zero-order valence-corrected chi connectivity index (χ0v) is 4.99. The van der Waals surface area contributed by atoms with E-state index in [9.17, 15) is 5.21 Å². The Labute approximate surface area is 58.2 Å². The average molecular weight is 159 g/mol. The van der Waals surface area contributed by atoms with Crippen molar-refractivity contribution in [3.63, 3.8) is 0 Å². The summed E-state index contributed by atoms with van der Waals surface area (Å²) in [4.78, 5) is 0. The van der Waals surface area contributed by atoms with Crippen LogP contribution in [-0.4, -0.2) is 0 Å². The first kappa shape index (κ1) is 7.47. The summed E-state index contributed by atoms with van der Waals surface area (Å²) < 4.78 is 0.750. The molecule has 0 spiro atoms. The van der Waals surface area contributed by atoms with Crippen molar-refractivity contribution < 1.29 is 21.8 Å². The maximum absolute atomic E-state index is 10.2. The van der Waals surface area contributed by atoms with Gasteiger partial charge in [0.1, 0.15) is 0 Å². The quantitative estimate of drug-likeness (QED) is 0.304. The van der Waals surface area contributed by atoms with Crippen molar-refractivity contribution in [1.82, 2.24) is 0 Å². The van der Waals surface area contributed by atoms with E-state index in [4.69, 9.17) is 0 Å². The van der Waals surface area contributed by atoms with E-state index in [2.05, 4.69) is 0 Å². The Bertz CT molecular complexity index is 142. The molecule has 47 valence electrons. The zero-order chi connectivity index (χ0) is 5.11. The van der Waals surface area contributed by atoms with Crippen LogP contribution in [0.2, 0.25) is 0 Å². The minimum absolute atomic E-state index is 0. The van der Waals surface area contributed by atoms with Crippen LogP contribution in [0.25, 0.3) is 0 Å². The summed E-state index contributed by atoms with van der Waals surface area (Å²) in [6.45, 7) is 0. The molecule has 1 aromatic rings. The van der Waals surface area contributed by atoms with E-state index in [0.717, 1.165) is 4.73 Å². The molecule has 0 aliphatic heterocycles. The fourth-order valence-electron chi connectivity index (χ4n) is 0.383. The number of pyridine rings is 1. The van der Waals surface area contributed by atoms with Gasteiger partial charge in [0.25, 0.3) is 0 Å². The van der Waals surface area contributed by atoms with E-state index in [-0.39, 0.29) is 17.1 Å². The smallest absolute Gasteiger partial charge is 0.180 e. The molecular weight excluding hydrogens is 154 g/mol. The fraction of sp³-hybridized carbons (Fsp3) is 0. The van der Waals surface area contributed by atoms with Gasteiger partial charge in [0.2, 0.25) is 0 Å². The third-order valence-electron chi connectivity index (χ3n) is 0.688. The molecule has 0 aromatic carbocycles. The molecule has 0 saturated carbocycles. The van der Waals surface area contributed by atoms with Gasteiger partial charge < -0.3 is 5.21 Å². The van der Waals surface area contributed by atoms with E-state index < -0.39 is 0 Å². The van der Waals surface area contributed by atoms with Crippen LogP contribution in [0, 0.1) is 5.21 Å². The molecule has 2 nitrogen and oxygen atoms in total. The topological polar surface area (TPSA) is 26.9 Å². The van der Waals surface area contributed by atoms with Crippen LogP contribution in [0.1, 0.15) is 0 Å². The fourth-order valence-corrected chi connectivity index (χ4v) is 0.383. The molecule has 1 rings (SSSR count). The largest absolute Gasteiger partial charge is 0.619 e. The average Bonchev–Trinajstić information content (AvgIpc) is 1.69. The van der Waals surface area contributed by atoms with Crippen molar-refractivity contribution in [2.75, 3.05) is 0 Å². The summed E-state index contributed by atoms with van der Waals surface area (Å²) in [7, 11) is 0. The second kappa shape index (κ2) is 3.47. The van der Waals surface area contributed by atoms with Crippen LogP contribution < -0.4 is 4.73 Å². The molecule has 1 aromatic heterocycles. The molecule has 1 heterocycles. The third-order valence-corrected chi connectivity index (χ3v) is 0.688. The van der Waals surface area contributed by atoms with Gasteiger partial charge in [-0.15, -0.1) is 0 Å². The van der Waals surface area contributed by atoms with E-state index in [1.165, 1.54) is 12.4 Å². The maximum atomic E-state index is 10.2. The normalized spacial score (nSPS) is 7.50.